The Kier molecular flexibility index (Phi) is 2.58. The fraction of sp³-hybridized carbons (Fsp3) is 0.538. The van der Waals surface area contributed by atoms with E-state index in [9.17, 15) is 5.11 Å². The van der Waals surface area contributed by atoms with Crippen molar-refractivity contribution in [1.29, 1.82) is 0 Å². The molecule has 0 bridgehead atoms. The van der Waals surface area contributed by atoms with Crippen molar-refractivity contribution in [1.82, 2.24) is 0 Å². The van der Waals surface area contributed by atoms with Crippen LogP contribution < -0.4 is 0 Å². The molecule has 4 unspecified atom stereocenters. The van der Waals surface area contributed by atoms with E-state index >= 15 is 0 Å². The van der Waals surface area contributed by atoms with Crippen LogP contribution in [0.4, 0.5) is 0 Å². The van der Waals surface area contributed by atoms with E-state index in [1.807, 2.05) is 12.2 Å². The van der Waals surface area contributed by atoms with Gasteiger partial charge >= 0.3 is 0 Å². The van der Waals surface area contributed by atoms with Gasteiger partial charge in [0.15, 0.2) is 6.79 Å². The van der Waals surface area contributed by atoms with Crippen molar-refractivity contribution in [2.24, 2.45) is 5.92 Å². The molecule has 0 saturated carbocycles. The van der Waals surface area contributed by atoms with Gasteiger partial charge in [-0.05, 0) is 36.1 Å². The zero-order valence-corrected chi connectivity index (χ0v) is 9.70. The molecule has 4 atom stereocenters. The molecule has 3 rings (SSSR count). The van der Waals surface area contributed by atoms with Gasteiger partial charge in [0.2, 0.25) is 5.79 Å². The van der Waals surface area contributed by atoms with E-state index < -0.39 is 11.9 Å². The highest BCUT2D eigenvalue weighted by atomic mass is 16.8. The summed E-state index contributed by atoms with van der Waals surface area (Å²) in [4.78, 5) is 0. The van der Waals surface area contributed by atoms with Crippen LogP contribution in [-0.2, 0) is 14.2 Å². The normalized spacial score (nSPS) is 44.1. The predicted octanol–water partition coefficient (Wildman–Crippen LogP) is 1.48. The molecule has 0 aromatic carbocycles. The molecule has 3 aliphatic rings. The summed E-state index contributed by atoms with van der Waals surface area (Å²) < 4.78 is 16.1. The summed E-state index contributed by atoms with van der Waals surface area (Å²) in [5, 5.41) is 10.0. The van der Waals surface area contributed by atoms with Gasteiger partial charge < -0.3 is 19.3 Å². The van der Waals surface area contributed by atoms with Crippen molar-refractivity contribution in [3.8, 4) is 0 Å². The predicted molar refractivity (Wildman–Crippen MR) is 60.8 cm³/mol. The van der Waals surface area contributed by atoms with Crippen molar-refractivity contribution in [2.45, 2.75) is 31.3 Å². The van der Waals surface area contributed by atoms with Crippen molar-refractivity contribution >= 4 is 0 Å². The molecule has 1 N–H and O–H groups in total. The lowest BCUT2D eigenvalue weighted by molar-refractivity contribution is -0.134. The minimum absolute atomic E-state index is 0.0417. The molecule has 0 spiro atoms. The first-order valence-electron chi connectivity index (χ1n) is 5.88. The summed E-state index contributed by atoms with van der Waals surface area (Å²) in [5.41, 5.74) is 1.04. The van der Waals surface area contributed by atoms with E-state index in [0.717, 1.165) is 12.0 Å². The van der Waals surface area contributed by atoms with Crippen LogP contribution in [0.5, 0.6) is 0 Å². The van der Waals surface area contributed by atoms with Crippen LogP contribution in [0.2, 0.25) is 0 Å². The molecule has 2 aliphatic heterocycles. The van der Waals surface area contributed by atoms with Gasteiger partial charge in [0.25, 0.3) is 0 Å². The molecule has 1 fully saturated rings. The first kappa shape index (κ1) is 11.0. The molecule has 0 aromatic heterocycles. The molecular weight excluding hydrogens is 220 g/mol. The maximum atomic E-state index is 10.0. The zero-order chi connectivity index (χ0) is 11.9. The van der Waals surface area contributed by atoms with Crippen LogP contribution >= 0.6 is 0 Å². The Labute approximate surface area is 100 Å². The number of aliphatic hydroxyl groups is 1. The summed E-state index contributed by atoms with van der Waals surface area (Å²) in [6.45, 7) is 2.28. The second-order valence-corrected chi connectivity index (χ2v) is 4.77. The second kappa shape index (κ2) is 3.98. The van der Waals surface area contributed by atoms with Crippen molar-refractivity contribution in [3.05, 3.63) is 36.1 Å². The molecule has 2 heterocycles. The van der Waals surface area contributed by atoms with Gasteiger partial charge in [-0.2, -0.15) is 0 Å². The summed E-state index contributed by atoms with van der Waals surface area (Å²) in [6, 6.07) is 0. The van der Waals surface area contributed by atoms with E-state index in [4.69, 9.17) is 14.2 Å². The number of hydrogen-bond donors (Lipinski definition) is 1. The highest BCUT2D eigenvalue weighted by molar-refractivity contribution is 5.33. The van der Waals surface area contributed by atoms with E-state index in [-0.39, 0.29) is 12.9 Å². The SMILES string of the molecule is CC1C=COC(C2=CC3OCOC3(O)C=C2)C1. The highest BCUT2D eigenvalue weighted by Gasteiger charge is 2.43. The number of hydrogen-bond acceptors (Lipinski definition) is 4. The third kappa shape index (κ3) is 1.92. The van der Waals surface area contributed by atoms with Crippen LogP contribution in [0, 0.1) is 5.92 Å². The molecular formula is C13H16O4. The topological polar surface area (TPSA) is 47.9 Å². The lowest BCUT2D eigenvalue weighted by atomic mass is 9.90. The average Bonchev–Trinajstić information content (AvgIpc) is 2.69. The lowest BCUT2D eigenvalue weighted by Gasteiger charge is -2.30. The van der Waals surface area contributed by atoms with E-state index in [1.165, 1.54) is 0 Å². The molecule has 1 saturated heterocycles. The third-order valence-corrected chi connectivity index (χ3v) is 3.41. The lowest BCUT2D eigenvalue weighted by Crippen LogP contribution is -2.39. The standard InChI is InChI=1S/C13H16O4/c1-9-3-5-15-11(6-9)10-2-4-13(14)12(7-10)16-8-17-13/h2-5,7,9,11-12,14H,6,8H2,1H3. The van der Waals surface area contributed by atoms with Gasteiger partial charge in [0, 0.05) is 0 Å². The van der Waals surface area contributed by atoms with Crippen LogP contribution in [-0.4, -0.2) is 29.9 Å². The summed E-state index contributed by atoms with van der Waals surface area (Å²) >= 11 is 0. The zero-order valence-electron chi connectivity index (χ0n) is 9.70. The molecule has 0 radical (unpaired) electrons. The van der Waals surface area contributed by atoms with Crippen LogP contribution in [0.1, 0.15) is 13.3 Å². The Balaban J connectivity index is 1.80. The molecule has 92 valence electrons. The van der Waals surface area contributed by atoms with Crippen molar-refractivity contribution < 1.29 is 19.3 Å². The molecule has 4 nitrogen and oxygen atoms in total. The number of ether oxygens (including phenoxy) is 3. The van der Waals surface area contributed by atoms with Gasteiger partial charge in [-0.25, -0.2) is 0 Å². The Morgan fingerprint density at radius 3 is 3.18 bits per heavy atom. The monoisotopic (exact) mass is 236 g/mol. The highest BCUT2D eigenvalue weighted by Crippen LogP contribution is 2.33. The second-order valence-electron chi connectivity index (χ2n) is 4.77. The molecule has 17 heavy (non-hydrogen) atoms. The summed E-state index contributed by atoms with van der Waals surface area (Å²) in [6.07, 6.45) is 9.76. The van der Waals surface area contributed by atoms with Gasteiger partial charge in [0.1, 0.15) is 12.2 Å². The van der Waals surface area contributed by atoms with Gasteiger partial charge in [-0.15, -0.1) is 0 Å². The van der Waals surface area contributed by atoms with Crippen LogP contribution in [0.15, 0.2) is 36.1 Å². The average molecular weight is 236 g/mol. The van der Waals surface area contributed by atoms with Crippen molar-refractivity contribution in [2.75, 3.05) is 6.79 Å². The Hall–Kier alpha value is -1.10. The molecule has 0 aromatic rings. The maximum absolute atomic E-state index is 10.0. The van der Waals surface area contributed by atoms with E-state index in [1.54, 1.807) is 12.3 Å². The van der Waals surface area contributed by atoms with E-state index in [2.05, 4.69) is 13.0 Å². The van der Waals surface area contributed by atoms with Crippen LogP contribution in [0.3, 0.4) is 0 Å². The Bertz CT molecular complexity index is 398. The largest absolute Gasteiger partial charge is 0.494 e. The van der Waals surface area contributed by atoms with Crippen molar-refractivity contribution in [3.63, 3.8) is 0 Å². The minimum Gasteiger partial charge on any atom is -0.494 e. The summed E-state index contributed by atoms with van der Waals surface area (Å²) in [5.74, 6) is -0.788. The fourth-order valence-corrected chi connectivity index (χ4v) is 2.34. The smallest absolute Gasteiger partial charge is 0.218 e. The van der Waals surface area contributed by atoms with Crippen LogP contribution in [0.25, 0.3) is 0 Å². The summed E-state index contributed by atoms with van der Waals surface area (Å²) in [7, 11) is 0. The third-order valence-electron chi connectivity index (χ3n) is 3.41. The number of rotatable bonds is 1. The van der Waals surface area contributed by atoms with Gasteiger partial charge in [0.05, 0.1) is 6.26 Å². The van der Waals surface area contributed by atoms with Gasteiger partial charge in [-0.1, -0.05) is 13.0 Å². The number of allylic oxidation sites excluding steroid dienone is 1. The molecule has 4 heteroatoms. The quantitative estimate of drug-likeness (QED) is 0.749. The Morgan fingerprint density at radius 1 is 1.47 bits per heavy atom. The minimum atomic E-state index is -1.29. The first-order valence-corrected chi connectivity index (χ1v) is 5.88. The van der Waals surface area contributed by atoms with E-state index in [0.29, 0.717) is 5.92 Å². The molecule has 0 amide bonds. The van der Waals surface area contributed by atoms with Gasteiger partial charge in [-0.3, -0.25) is 0 Å². The molecule has 1 aliphatic carbocycles. The fourth-order valence-electron chi connectivity index (χ4n) is 2.34. The number of fused-ring (bicyclic) bond motifs is 1. The maximum Gasteiger partial charge on any atom is 0.218 e. The first-order chi connectivity index (χ1) is 8.17. The Morgan fingerprint density at radius 2 is 2.35 bits per heavy atom.